The van der Waals surface area contributed by atoms with Crippen LogP contribution in [0.2, 0.25) is 0 Å². The smallest absolute Gasteiger partial charge is 0.279 e. The molecule has 2 fully saturated rings. The Kier molecular flexibility index (Phi) is 5.81. The van der Waals surface area contributed by atoms with Crippen molar-refractivity contribution in [3.05, 3.63) is 30.1 Å². The number of hydrogen-bond acceptors (Lipinski definition) is 4. The molecule has 27 heavy (non-hydrogen) atoms. The lowest BCUT2D eigenvalue weighted by molar-refractivity contribution is -0.862. The van der Waals surface area contributed by atoms with Gasteiger partial charge < -0.3 is 15.1 Å². The number of carbonyl (C=O) groups is 2. The van der Waals surface area contributed by atoms with E-state index in [2.05, 4.69) is 5.32 Å². The summed E-state index contributed by atoms with van der Waals surface area (Å²) in [5.74, 6) is -0.695. The molecule has 1 aromatic carbocycles. The van der Waals surface area contributed by atoms with Gasteiger partial charge in [0.05, 0.1) is 18.6 Å². The first-order valence-electron chi connectivity index (χ1n) is 9.12. The third kappa shape index (κ3) is 5.49. The zero-order valence-corrected chi connectivity index (χ0v) is 16.1. The normalized spacial score (nSPS) is 22.2. The number of carbonyl (C=O) groups excluding carboxylic acids is 2. The first-order chi connectivity index (χ1) is 12.7. The van der Waals surface area contributed by atoms with Crippen molar-refractivity contribution in [3.63, 3.8) is 0 Å². The van der Waals surface area contributed by atoms with E-state index in [1.165, 1.54) is 18.2 Å². The first-order valence-corrected chi connectivity index (χ1v) is 10.9. The highest BCUT2D eigenvalue weighted by molar-refractivity contribution is 7.91. The van der Waals surface area contributed by atoms with Gasteiger partial charge in [-0.2, -0.15) is 0 Å². The Morgan fingerprint density at radius 3 is 2.56 bits per heavy atom. The Labute approximate surface area is 158 Å². The molecule has 1 aromatic rings. The average Bonchev–Trinajstić information content (AvgIpc) is 3.30. The summed E-state index contributed by atoms with van der Waals surface area (Å²) in [7, 11) is -1.33. The van der Waals surface area contributed by atoms with E-state index in [9.17, 15) is 22.4 Å². The molecular formula is C18H25FN3O4S+. The summed E-state index contributed by atoms with van der Waals surface area (Å²) in [6.45, 7) is 0.174. The van der Waals surface area contributed by atoms with Gasteiger partial charge in [-0.15, -0.1) is 0 Å². The van der Waals surface area contributed by atoms with Gasteiger partial charge in [0.2, 0.25) is 0 Å². The quantitative estimate of drug-likeness (QED) is 0.646. The predicted octanol–water partition coefficient (Wildman–Crippen LogP) is -0.543. The van der Waals surface area contributed by atoms with Crippen LogP contribution in [0.4, 0.5) is 10.1 Å². The van der Waals surface area contributed by atoms with Crippen LogP contribution in [0.5, 0.6) is 0 Å². The standard InChI is InChI=1S/C18H24FN3O4S/c1-21(10-17(23)20-14-4-2-3-13(19)9-14)11-18(24)22(15-5-6-15)16-7-8-27(25,26)12-16/h2-4,9,15-16H,5-8,10-12H2,1H3,(H,20,23)/p+1/t16-/m1/s1. The number of amides is 2. The highest BCUT2D eigenvalue weighted by Crippen LogP contribution is 2.32. The zero-order valence-electron chi connectivity index (χ0n) is 15.3. The Bertz CT molecular complexity index is 826. The summed E-state index contributed by atoms with van der Waals surface area (Å²) >= 11 is 0. The molecule has 2 amide bonds. The van der Waals surface area contributed by atoms with Crippen LogP contribution in [0.1, 0.15) is 19.3 Å². The lowest BCUT2D eigenvalue weighted by Crippen LogP contribution is -3.11. The van der Waals surface area contributed by atoms with Crippen LogP contribution in [-0.4, -0.2) is 68.9 Å². The number of anilines is 1. The topological polar surface area (TPSA) is 88.0 Å². The van der Waals surface area contributed by atoms with Crippen LogP contribution in [0.3, 0.4) is 0 Å². The minimum Gasteiger partial charge on any atom is -0.331 e. The average molecular weight is 398 g/mol. The molecule has 1 heterocycles. The summed E-state index contributed by atoms with van der Waals surface area (Å²) < 4.78 is 36.7. The highest BCUT2D eigenvalue weighted by atomic mass is 32.2. The molecule has 0 spiro atoms. The predicted molar refractivity (Wildman–Crippen MR) is 98.6 cm³/mol. The lowest BCUT2D eigenvalue weighted by atomic mass is 10.2. The van der Waals surface area contributed by atoms with Crippen molar-refractivity contribution < 1.29 is 27.3 Å². The van der Waals surface area contributed by atoms with Gasteiger partial charge in [-0.3, -0.25) is 9.59 Å². The summed E-state index contributed by atoms with van der Waals surface area (Å²) in [4.78, 5) is 27.3. The van der Waals surface area contributed by atoms with Crippen molar-refractivity contribution in [1.82, 2.24) is 4.90 Å². The van der Waals surface area contributed by atoms with Crippen molar-refractivity contribution in [2.75, 3.05) is 37.0 Å². The van der Waals surface area contributed by atoms with Crippen LogP contribution < -0.4 is 10.2 Å². The van der Waals surface area contributed by atoms with Crippen LogP contribution in [-0.2, 0) is 19.4 Å². The van der Waals surface area contributed by atoms with Crippen LogP contribution in [0, 0.1) is 5.82 Å². The number of benzene rings is 1. The second-order valence-corrected chi connectivity index (χ2v) is 9.69. The Hall–Kier alpha value is -2.00. The third-order valence-corrected chi connectivity index (χ3v) is 6.60. The maximum Gasteiger partial charge on any atom is 0.279 e. The summed E-state index contributed by atoms with van der Waals surface area (Å²) in [5, 5.41) is 2.61. The van der Waals surface area contributed by atoms with Crippen molar-refractivity contribution in [1.29, 1.82) is 0 Å². The minimum absolute atomic E-state index is 0.0361. The van der Waals surface area contributed by atoms with Crippen LogP contribution >= 0.6 is 0 Å². The molecule has 0 radical (unpaired) electrons. The van der Waals surface area contributed by atoms with E-state index in [-0.39, 0.29) is 48.5 Å². The fraction of sp³-hybridized carbons (Fsp3) is 0.556. The van der Waals surface area contributed by atoms with Crippen LogP contribution in [0.25, 0.3) is 0 Å². The van der Waals surface area contributed by atoms with E-state index in [4.69, 9.17) is 0 Å². The van der Waals surface area contributed by atoms with Crippen molar-refractivity contribution in [2.45, 2.75) is 31.3 Å². The number of likely N-dealkylation sites (N-methyl/N-ethyl adjacent to an activating group) is 1. The molecule has 1 saturated heterocycles. The monoisotopic (exact) mass is 398 g/mol. The van der Waals surface area contributed by atoms with E-state index in [0.29, 0.717) is 17.0 Å². The summed E-state index contributed by atoms with van der Waals surface area (Å²) in [6.07, 6.45) is 2.30. The number of hydrogen-bond donors (Lipinski definition) is 2. The molecule has 1 aliphatic carbocycles. The molecule has 3 rings (SSSR count). The SMILES string of the molecule is C[NH+](CC(=O)Nc1cccc(F)c1)CC(=O)N(C1CC1)[C@@H]1CCS(=O)(=O)C1. The van der Waals surface area contributed by atoms with Crippen LogP contribution in [0.15, 0.2) is 24.3 Å². The number of nitrogens with zero attached hydrogens (tertiary/aromatic N) is 1. The Morgan fingerprint density at radius 1 is 1.22 bits per heavy atom. The number of nitrogens with one attached hydrogen (secondary N) is 2. The van der Waals surface area contributed by atoms with E-state index in [0.717, 1.165) is 12.8 Å². The Balaban J connectivity index is 1.53. The second kappa shape index (κ2) is 7.93. The van der Waals surface area contributed by atoms with E-state index >= 15 is 0 Å². The van der Waals surface area contributed by atoms with E-state index in [1.54, 1.807) is 18.0 Å². The lowest BCUT2D eigenvalue weighted by Gasteiger charge is -2.29. The van der Waals surface area contributed by atoms with E-state index < -0.39 is 15.7 Å². The van der Waals surface area contributed by atoms with Crippen molar-refractivity contribution in [2.24, 2.45) is 0 Å². The molecule has 0 bridgehead atoms. The second-order valence-electron chi connectivity index (χ2n) is 7.46. The molecular weight excluding hydrogens is 373 g/mol. The highest BCUT2D eigenvalue weighted by Gasteiger charge is 2.42. The number of halogens is 1. The Morgan fingerprint density at radius 2 is 1.96 bits per heavy atom. The number of rotatable bonds is 7. The van der Waals surface area contributed by atoms with Gasteiger partial charge in [0.25, 0.3) is 11.8 Å². The molecule has 1 saturated carbocycles. The maximum absolute atomic E-state index is 13.2. The van der Waals surface area contributed by atoms with Gasteiger partial charge in [0.15, 0.2) is 22.9 Å². The van der Waals surface area contributed by atoms with E-state index in [1.807, 2.05) is 0 Å². The molecule has 1 unspecified atom stereocenters. The number of quaternary nitrogens is 1. The van der Waals surface area contributed by atoms with Crippen molar-refractivity contribution in [3.8, 4) is 0 Å². The molecule has 2 N–H and O–H groups in total. The first kappa shape index (κ1) is 19.8. The summed E-state index contributed by atoms with van der Waals surface area (Å²) in [6, 6.07) is 5.51. The van der Waals surface area contributed by atoms with Gasteiger partial charge in [0, 0.05) is 17.8 Å². The van der Waals surface area contributed by atoms with Gasteiger partial charge >= 0.3 is 0 Å². The molecule has 2 atom stereocenters. The van der Waals surface area contributed by atoms with Gasteiger partial charge in [-0.05, 0) is 37.5 Å². The molecule has 148 valence electrons. The third-order valence-electron chi connectivity index (χ3n) is 4.85. The molecule has 0 aromatic heterocycles. The zero-order chi connectivity index (χ0) is 19.6. The number of sulfone groups is 1. The largest absolute Gasteiger partial charge is 0.331 e. The van der Waals surface area contributed by atoms with Gasteiger partial charge in [-0.1, -0.05) is 6.07 Å². The minimum atomic E-state index is -3.06. The fourth-order valence-corrected chi connectivity index (χ4v) is 5.22. The molecule has 1 aliphatic heterocycles. The van der Waals surface area contributed by atoms with Gasteiger partial charge in [0.1, 0.15) is 5.82 Å². The van der Waals surface area contributed by atoms with Gasteiger partial charge in [-0.25, -0.2) is 12.8 Å². The fourth-order valence-electron chi connectivity index (χ4n) is 3.51. The molecule has 2 aliphatic rings. The molecule has 7 nitrogen and oxygen atoms in total. The molecule has 9 heteroatoms. The summed E-state index contributed by atoms with van der Waals surface area (Å²) in [5.41, 5.74) is 0.370. The maximum atomic E-state index is 13.2. The van der Waals surface area contributed by atoms with Crippen molar-refractivity contribution >= 4 is 27.3 Å².